The summed E-state index contributed by atoms with van der Waals surface area (Å²) in [4.78, 5) is 24.7. The van der Waals surface area contributed by atoms with Crippen molar-refractivity contribution < 1.29 is 24.2 Å². The van der Waals surface area contributed by atoms with E-state index in [0.717, 1.165) is 12.0 Å². The highest BCUT2D eigenvalue weighted by molar-refractivity contribution is 5.81. The van der Waals surface area contributed by atoms with E-state index in [9.17, 15) is 9.59 Å². The molecule has 6 heteroatoms. The van der Waals surface area contributed by atoms with Crippen LogP contribution in [0.4, 0.5) is 0 Å². The van der Waals surface area contributed by atoms with Gasteiger partial charge >= 0.3 is 5.97 Å². The lowest BCUT2D eigenvalue weighted by Gasteiger charge is -2.22. The van der Waals surface area contributed by atoms with Gasteiger partial charge < -0.3 is 19.5 Å². The molecule has 23 heavy (non-hydrogen) atoms. The fourth-order valence-electron chi connectivity index (χ4n) is 2.14. The van der Waals surface area contributed by atoms with Gasteiger partial charge in [-0.2, -0.15) is 0 Å². The van der Waals surface area contributed by atoms with Gasteiger partial charge in [0.25, 0.3) is 0 Å². The number of ether oxygens (including phenoxy) is 2. The van der Waals surface area contributed by atoms with Gasteiger partial charge in [-0.05, 0) is 30.0 Å². The van der Waals surface area contributed by atoms with Crippen LogP contribution in [-0.2, 0) is 16.1 Å². The first-order valence-electron chi connectivity index (χ1n) is 7.57. The second-order valence-corrected chi connectivity index (χ2v) is 5.80. The monoisotopic (exact) mass is 323 g/mol. The molecule has 1 aromatic rings. The summed E-state index contributed by atoms with van der Waals surface area (Å²) in [7, 11) is 3.09. The number of methoxy groups -OCH3 is 2. The summed E-state index contributed by atoms with van der Waals surface area (Å²) in [6.07, 6.45) is 1.07. The van der Waals surface area contributed by atoms with Crippen molar-refractivity contribution >= 4 is 11.9 Å². The topological polar surface area (TPSA) is 76.1 Å². The standard InChI is InChI=1S/C17H25NO5/c1-12(2)5-6-16(19)18(11-17(20)21)10-13-7-14(22-3)9-15(8-13)23-4/h7-9,12H,5-6,10-11H2,1-4H3,(H,20,21). The molecule has 0 unspecified atom stereocenters. The van der Waals surface area contributed by atoms with Gasteiger partial charge in [0.15, 0.2) is 0 Å². The average molecular weight is 323 g/mol. The zero-order chi connectivity index (χ0) is 17.4. The molecule has 0 saturated heterocycles. The van der Waals surface area contributed by atoms with Crippen molar-refractivity contribution in [3.63, 3.8) is 0 Å². The first kappa shape index (κ1) is 18.8. The molecule has 1 aromatic carbocycles. The van der Waals surface area contributed by atoms with Crippen molar-refractivity contribution in [2.45, 2.75) is 33.2 Å². The molecule has 1 rings (SSSR count). The minimum Gasteiger partial charge on any atom is -0.497 e. The second kappa shape index (κ2) is 9.02. The third-order valence-electron chi connectivity index (χ3n) is 3.40. The molecule has 0 fully saturated rings. The van der Waals surface area contributed by atoms with E-state index in [1.165, 1.54) is 4.90 Å². The Kier molecular flexibility index (Phi) is 7.38. The third kappa shape index (κ3) is 6.59. The summed E-state index contributed by atoms with van der Waals surface area (Å²) < 4.78 is 10.4. The van der Waals surface area contributed by atoms with Crippen LogP contribution in [0.1, 0.15) is 32.3 Å². The lowest BCUT2D eigenvalue weighted by Crippen LogP contribution is -2.35. The molecule has 0 saturated carbocycles. The van der Waals surface area contributed by atoms with Crippen LogP contribution < -0.4 is 9.47 Å². The van der Waals surface area contributed by atoms with E-state index in [2.05, 4.69) is 0 Å². The zero-order valence-electron chi connectivity index (χ0n) is 14.2. The van der Waals surface area contributed by atoms with E-state index < -0.39 is 5.97 Å². The lowest BCUT2D eigenvalue weighted by atomic mass is 10.1. The maximum atomic E-state index is 12.3. The first-order valence-corrected chi connectivity index (χ1v) is 7.57. The average Bonchev–Trinajstić information content (AvgIpc) is 2.50. The highest BCUT2D eigenvalue weighted by Gasteiger charge is 2.18. The van der Waals surface area contributed by atoms with Crippen molar-refractivity contribution in [2.24, 2.45) is 5.92 Å². The number of carboxylic acids is 1. The molecule has 0 spiro atoms. The van der Waals surface area contributed by atoms with E-state index in [1.807, 2.05) is 13.8 Å². The number of hydrogen-bond acceptors (Lipinski definition) is 4. The number of carboxylic acid groups (broad SMARTS) is 1. The van der Waals surface area contributed by atoms with Crippen molar-refractivity contribution in [1.29, 1.82) is 0 Å². The molecular weight excluding hydrogens is 298 g/mol. The number of carbonyl (C=O) groups is 2. The first-order chi connectivity index (χ1) is 10.8. The summed E-state index contributed by atoms with van der Waals surface area (Å²) in [5, 5.41) is 9.05. The van der Waals surface area contributed by atoms with Gasteiger partial charge in [-0.1, -0.05) is 13.8 Å². The van der Waals surface area contributed by atoms with Crippen molar-refractivity contribution in [1.82, 2.24) is 4.90 Å². The number of aliphatic carboxylic acids is 1. The van der Waals surface area contributed by atoms with Crippen LogP contribution in [0.3, 0.4) is 0 Å². The maximum Gasteiger partial charge on any atom is 0.323 e. The number of benzene rings is 1. The van der Waals surface area contributed by atoms with E-state index in [1.54, 1.807) is 32.4 Å². The fourth-order valence-corrected chi connectivity index (χ4v) is 2.14. The number of amides is 1. The van der Waals surface area contributed by atoms with Gasteiger partial charge in [-0.3, -0.25) is 9.59 Å². The van der Waals surface area contributed by atoms with E-state index >= 15 is 0 Å². The van der Waals surface area contributed by atoms with Crippen molar-refractivity contribution in [3.8, 4) is 11.5 Å². The maximum absolute atomic E-state index is 12.3. The zero-order valence-corrected chi connectivity index (χ0v) is 14.2. The Morgan fingerprint density at radius 3 is 2.13 bits per heavy atom. The molecule has 0 atom stereocenters. The molecule has 0 aliphatic carbocycles. The van der Waals surface area contributed by atoms with Crippen molar-refractivity contribution in [3.05, 3.63) is 23.8 Å². The SMILES string of the molecule is COc1cc(CN(CC(=O)O)C(=O)CCC(C)C)cc(OC)c1. The van der Waals surface area contributed by atoms with E-state index in [0.29, 0.717) is 23.8 Å². The smallest absolute Gasteiger partial charge is 0.323 e. The highest BCUT2D eigenvalue weighted by atomic mass is 16.5. The number of carbonyl (C=O) groups excluding carboxylic acids is 1. The highest BCUT2D eigenvalue weighted by Crippen LogP contribution is 2.23. The van der Waals surface area contributed by atoms with Crippen LogP contribution in [0.25, 0.3) is 0 Å². The molecule has 1 N–H and O–H groups in total. The normalized spacial score (nSPS) is 10.5. The molecule has 0 radical (unpaired) electrons. The Labute approximate surface area is 137 Å². The fraction of sp³-hybridized carbons (Fsp3) is 0.529. The van der Waals surface area contributed by atoms with E-state index in [4.69, 9.17) is 14.6 Å². The molecule has 1 amide bonds. The number of nitrogens with zero attached hydrogens (tertiary/aromatic N) is 1. The Morgan fingerprint density at radius 1 is 1.13 bits per heavy atom. The molecule has 0 aromatic heterocycles. The Hall–Kier alpha value is -2.24. The predicted octanol–water partition coefficient (Wildman–Crippen LogP) is 2.55. The molecule has 0 bridgehead atoms. The Bertz CT molecular complexity index is 520. The summed E-state index contributed by atoms with van der Waals surface area (Å²) in [6.45, 7) is 3.94. The number of hydrogen-bond donors (Lipinski definition) is 1. The largest absolute Gasteiger partial charge is 0.497 e. The van der Waals surface area contributed by atoms with Crippen molar-refractivity contribution in [2.75, 3.05) is 20.8 Å². The molecule has 128 valence electrons. The predicted molar refractivity (Wildman–Crippen MR) is 86.7 cm³/mol. The summed E-state index contributed by atoms with van der Waals surface area (Å²) in [6, 6.07) is 5.27. The Morgan fingerprint density at radius 2 is 1.70 bits per heavy atom. The minimum atomic E-state index is -1.03. The second-order valence-electron chi connectivity index (χ2n) is 5.80. The van der Waals surface area contributed by atoms with Crippen LogP contribution >= 0.6 is 0 Å². The van der Waals surface area contributed by atoms with Crippen LogP contribution in [0.15, 0.2) is 18.2 Å². The van der Waals surface area contributed by atoms with Crippen LogP contribution in [-0.4, -0.2) is 42.6 Å². The minimum absolute atomic E-state index is 0.164. The third-order valence-corrected chi connectivity index (χ3v) is 3.40. The number of rotatable bonds is 9. The summed E-state index contributed by atoms with van der Waals surface area (Å²) in [5.41, 5.74) is 0.764. The molecule has 0 heterocycles. The van der Waals surface area contributed by atoms with Gasteiger partial charge in [0.1, 0.15) is 18.0 Å². The molecule has 0 aliphatic rings. The summed E-state index contributed by atoms with van der Waals surface area (Å²) in [5.74, 6) is 0.400. The van der Waals surface area contributed by atoms with Gasteiger partial charge in [-0.15, -0.1) is 0 Å². The van der Waals surface area contributed by atoms with Gasteiger partial charge in [0, 0.05) is 19.0 Å². The lowest BCUT2D eigenvalue weighted by molar-refractivity contribution is -0.145. The van der Waals surface area contributed by atoms with Crippen LogP contribution in [0.2, 0.25) is 0 Å². The van der Waals surface area contributed by atoms with Crippen LogP contribution in [0.5, 0.6) is 11.5 Å². The summed E-state index contributed by atoms with van der Waals surface area (Å²) >= 11 is 0. The van der Waals surface area contributed by atoms with Gasteiger partial charge in [0.2, 0.25) is 5.91 Å². The quantitative estimate of drug-likeness (QED) is 0.756. The Balaban J connectivity index is 2.91. The molecule has 6 nitrogen and oxygen atoms in total. The molecular formula is C17H25NO5. The van der Waals surface area contributed by atoms with Gasteiger partial charge in [-0.25, -0.2) is 0 Å². The van der Waals surface area contributed by atoms with Crippen LogP contribution in [0, 0.1) is 5.92 Å². The van der Waals surface area contributed by atoms with E-state index in [-0.39, 0.29) is 19.0 Å². The van der Waals surface area contributed by atoms with Gasteiger partial charge in [0.05, 0.1) is 14.2 Å². The molecule has 0 aliphatic heterocycles.